The van der Waals surface area contributed by atoms with Crippen LogP contribution in [0.1, 0.15) is 61.5 Å². The van der Waals surface area contributed by atoms with Gasteiger partial charge in [-0.1, -0.05) is 53.7 Å². The van der Waals surface area contributed by atoms with Crippen molar-refractivity contribution in [2.24, 2.45) is 0 Å². The van der Waals surface area contributed by atoms with Crippen LogP contribution in [0, 0.1) is 11.3 Å². The van der Waals surface area contributed by atoms with Gasteiger partial charge in [-0.15, -0.1) is 0 Å². The van der Waals surface area contributed by atoms with Crippen LogP contribution in [0.15, 0.2) is 71.3 Å². The van der Waals surface area contributed by atoms with Crippen molar-refractivity contribution in [2.45, 2.75) is 51.8 Å². The Bertz CT molecular complexity index is 1370. The summed E-state index contributed by atoms with van der Waals surface area (Å²) in [6.45, 7) is 6.07. The average Bonchev–Trinajstić information content (AvgIpc) is 3.52. The van der Waals surface area contributed by atoms with Crippen molar-refractivity contribution in [3.63, 3.8) is 0 Å². The third-order valence-electron chi connectivity index (χ3n) is 6.40. The molecule has 0 spiro atoms. The minimum atomic E-state index is -0.0165. The Balaban J connectivity index is 1.40. The minimum absolute atomic E-state index is 0.0165. The second-order valence-electron chi connectivity index (χ2n) is 9.18. The lowest BCUT2D eigenvalue weighted by Crippen LogP contribution is -2.22. The lowest BCUT2D eigenvalue weighted by Gasteiger charge is -2.21. The van der Waals surface area contributed by atoms with Gasteiger partial charge >= 0.3 is 0 Å². The van der Waals surface area contributed by atoms with E-state index in [1.54, 1.807) is 12.1 Å². The molecule has 6 nitrogen and oxygen atoms in total. The fourth-order valence-corrected chi connectivity index (χ4v) is 4.73. The zero-order valence-corrected chi connectivity index (χ0v) is 20.2. The number of fused-ring (bicyclic) bond motifs is 1. The topological polar surface area (TPSA) is 84.0 Å². The van der Waals surface area contributed by atoms with Crippen molar-refractivity contribution in [1.29, 1.82) is 5.26 Å². The SMILES string of the molecule is CC(C)Oc1ccc(-c2nc(-c3cccc4c3CC[C@@H]4N[C@@H](C)c3ccccc3)no2)cc1C#N. The molecule has 1 N–H and O–H groups in total. The second-order valence-corrected chi connectivity index (χ2v) is 9.18. The number of benzene rings is 3. The summed E-state index contributed by atoms with van der Waals surface area (Å²) in [4.78, 5) is 4.68. The van der Waals surface area contributed by atoms with Crippen LogP contribution in [0.5, 0.6) is 5.75 Å². The Morgan fingerprint density at radius 3 is 2.66 bits per heavy atom. The summed E-state index contributed by atoms with van der Waals surface area (Å²) >= 11 is 0. The third-order valence-corrected chi connectivity index (χ3v) is 6.40. The van der Waals surface area contributed by atoms with Crippen LogP contribution >= 0.6 is 0 Å². The fraction of sp³-hybridized carbons (Fsp3) is 0.276. The van der Waals surface area contributed by atoms with Gasteiger partial charge in [0.05, 0.1) is 11.7 Å². The fourth-order valence-electron chi connectivity index (χ4n) is 4.73. The number of nitrogens with one attached hydrogen (secondary N) is 1. The maximum atomic E-state index is 9.55. The van der Waals surface area contributed by atoms with E-state index in [1.807, 2.05) is 26.0 Å². The summed E-state index contributed by atoms with van der Waals surface area (Å²) in [6.07, 6.45) is 1.96. The number of hydrogen-bond acceptors (Lipinski definition) is 6. The summed E-state index contributed by atoms with van der Waals surface area (Å²) < 4.78 is 11.3. The molecule has 35 heavy (non-hydrogen) atoms. The molecule has 0 amide bonds. The summed E-state index contributed by atoms with van der Waals surface area (Å²) in [6, 6.07) is 24.9. The molecule has 1 aliphatic rings. The highest BCUT2D eigenvalue weighted by Gasteiger charge is 2.27. The molecular weight excluding hydrogens is 436 g/mol. The summed E-state index contributed by atoms with van der Waals surface area (Å²) in [5.41, 5.74) is 5.96. The van der Waals surface area contributed by atoms with Gasteiger partial charge in [-0.25, -0.2) is 0 Å². The highest BCUT2D eigenvalue weighted by molar-refractivity contribution is 5.67. The highest BCUT2D eigenvalue weighted by Crippen LogP contribution is 2.38. The van der Waals surface area contributed by atoms with Crippen LogP contribution in [-0.4, -0.2) is 16.2 Å². The van der Waals surface area contributed by atoms with Gasteiger partial charge in [0, 0.05) is 23.2 Å². The lowest BCUT2D eigenvalue weighted by molar-refractivity contribution is 0.241. The summed E-state index contributed by atoms with van der Waals surface area (Å²) in [5.74, 6) is 1.50. The average molecular weight is 465 g/mol. The molecule has 5 rings (SSSR count). The molecule has 0 fully saturated rings. The lowest BCUT2D eigenvalue weighted by atomic mass is 10.0. The van der Waals surface area contributed by atoms with Crippen LogP contribution < -0.4 is 10.1 Å². The van der Waals surface area contributed by atoms with Gasteiger partial charge < -0.3 is 14.6 Å². The first-order valence-electron chi connectivity index (χ1n) is 12.0. The van der Waals surface area contributed by atoms with E-state index in [0.29, 0.717) is 28.6 Å². The monoisotopic (exact) mass is 464 g/mol. The van der Waals surface area contributed by atoms with Crippen molar-refractivity contribution in [2.75, 3.05) is 0 Å². The number of rotatable bonds is 7. The molecular formula is C29H28N4O2. The molecule has 1 heterocycles. The van der Waals surface area contributed by atoms with Crippen molar-refractivity contribution in [3.05, 3.63) is 89.0 Å². The van der Waals surface area contributed by atoms with E-state index in [4.69, 9.17) is 9.26 Å². The van der Waals surface area contributed by atoms with Gasteiger partial charge in [0.15, 0.2) is 0 Å². The van der Waals surface area contributed by atoms with Gasteiger partial charge in [-0.2, -0.15) is 10.2 Å². The van der Waals surface area contributed by atoms with E-state index in [2.05, 4.69) is 70.9 Å². The smallest absolute Gasteiger partial charge is 0.258 e. The molecule has 6 heteroatoms. The molecule has 0 bridgehead atoms. The van der Waals surface area contributed by atoms with E-state index < -0.39 is 0 Å². The van der Waals surface area contributed by atoms with Crippen molar-refractivity contribution in [1.82, 2.24) is 15.5 Å². The summed E-state index contributed by atoms with van der Waals surface area (Å²) in [7, 11) is 0. The predicted octanol–water partition coefficient (Wildman–Crippen LogP) is 6.40. The van der Waals surface area contributed by atoms with Crippen LogP contribution in [0.4, 0.5) is 0 Å². The molecule has 0 saturated heterocycles. The largest absolute Gasteiger partial charge is 0.490 e. The molecule has 176 valence electrons. The minimum Gasteiger partial charge on any atom is -0.490 e. The first-order valence-corrected chi connectivity index (χ1v) is 12.0. The Morgan fingerprint density at radius 2 is 1.89 bits per heavy atom. The van der Waals surface area contributed by atoms with E-state index in [-0.39, 0.29) is 18.2 Å². The summed E-state index contributed by atoms with van der Waals surface area (Å²) in [5, 5.41) is 17.6. The number of nitriles is 1. The Morgan fingerprint density at radius 1 is 1.06 bits per heavy atom. The first-order chi connectivity index (χ1) is 17.0. The Labute approximate surface area is 205 Å². The number of ether oxygens (including phenoxy) is 1. The van der Waals surface area contributed by atoms with Crippen molar-refractivity contribution < 1.29 is 9.26 Å². The van der Waals surface area contributed by atoms with Gasteiger partial charge in [0.1, 0.15) is 11.8 Å². The van der Waals surface area contributed by atoms with Crippen LogP contribution in [-0.2, 0) is 6.42 Å². The van der Waals surface area contributed by atoms with E-state index in [9.17, 15) is 5.26 Å². The Hall–Kier alpha value is -3.95. The normalized spacial score (nSPS) is 15.6. The van der Waals surface area contributed by atoms with Gasteiger partial charge in [0.2, 0.25) is 5.82 Å². The number of aromatic nitrogens is 2. The zero-order valence-electron chi connectivity index (χ0n) is 20.2. The van der Waals surface area contributed by atoms with Crippen molar-refractivity contribution in [3.8, 4) is 34.7 Å². The molecule has 0 saturated carbocycles. The molecule has 2 atom stereocenters. The maximum Gasteiger partial charge on any atom is 0.258 e. The third kappa shape index (κ3) is 4.68. The van der Waals surface area contributed by atoms with Crippen LogP contribution in [0.3, 0.4) is 0 Å². The standard InChI is InChI=1S/C29H28N4O2/c1-18(2)34-27-15-12-21(16-22(27)17-30)29-32-28(33-35-29)25-11-7-10-24-23(25)13-14-26(24)31-19(3)20-8-5-4-6-9-20/h4-12,15-16,18-19,26,31H,13-14H2,1-3H3/t19-,26-/m0/s1. The van der Waals surface area contributed by atoms with E-state index >= 15 is 0 Å². The zero-order chi connectivity index (χ0) is 24.4. The highest BCUT2D eigenvalue weighted by atomic mass is 16.5. The van der Waals surface area contributed by atoms with Gasteiger partial charge in [-0.05, 0) is 68.5 Å². The molecule has 3 aromatic carbocycles. The predicted molar refractivity (Wildman–Crippen MR) is 135 cm³/mol. The molecule has 0 aliphatic heterocycles. The maximum absolute atomic E-state index is 9.55. The molecule has 4 aromatic rings. The quantitative estimate of drug-likeness (QED) is 0.341. The molecule has 0 unspecified atom stereocenters. The van der Waals surface area contributed by atoms with Crippen LogP contribution in [0.2, 0.25) is 0 Å². The molecule has 1 aromatic heterocycles. The molecule has 1 aliphatic carbocycles. The first kappa shape index (κ1) is 22.8. The Kier molecular flexibility index (Phi) is 6.35. The van der Waals surface area contributed by atoms with Crippen LogP contribution in [0.25, 0.3) is 22.8 Å². The van der Waals surface area contributed by atoms with Gasteiger partial charge in [0.25, 0.3) is 5.89 Å². The second kappa shape index (κ2) is 9.73. The molecule has 0 radical (unpaired) electrons. The van der Waals surface area contributed by atoms with E-state index in [1.165, 1.54) is 16.7 Å². The van der Waals surface area contributed by atoms with Crippen molar-refractivity contribution >= 4 is 0 Å². The van der Waals surface area contributed by atoms with Gasteiger partial charge in [-0.3, -0.25) is 0 Å². The van der Waals surface area contributed by atoms with E-state index in [0.717, 1.165) is 18.4 Å². The number of hydrogen-bond donors (Lipinski definition) is 1. The number of nitrogens with zero attached hydrogens (tertiary/aromatic N) is 3.